The first-order valence-electron chi connectivity index (χ1n) is 8.16. The largest absolute Gasteiger partial charge is 0.373 e. The van der Waals surface area contributed by atoms with E-state index >= 15 is 0 Å². The number of ether oxygens (including phenoxy) is 1. The smallest absolute Gasteiger partial charge is 0.0753 e. The second-order valence-electron chi connectivity index (χ2n) is 6.77. The molecule has 21 heavy (non-hydrogen) atoms. The summed E-state index contributed by atoms with van der Waals surface area (Å²) < 4.78 is 5.81. The minimum absolute atomic E-state index is 0.0155. The van der Waals surface area contributed by atoms with Gasteiger partial charge in [-0.3, -0.25) is 4.90 Å². The molecule has 3 nitrogen and oxygen atoms in total. The van der Waals surface area contributed by atoms with Crippen LogP contribution in [0.25, 0.3) is 0 Å². The van der Waals surface area contributed by atoms with Crippen LogP contribution in [0.2, 0.25) is 0 Å². The Hall–Kier alpha value is -0.900. The fourth-order valence-electron chi connectivity index (χ4n) is 3.31. The molecule has 2 atom stereocenters. The van der Waals surface area contributed by atoms with E-state index in [-0.39, 0.29) is 5.60 Å². The van der Waals surface area contributed by atoms with Crippen molar-refractivity contribution in [3.63, 3.8) is 0 Å². The lowest BCUT2D eigenvalue weighted by atomic mass is 9.93. The van der Waals surface area contributed by atoms with Crippen molar-refractivity contribution in [1.82, 2.24) is 10.2 Å². The molecule has 3 heteroatoms. The summed E-state index contributed by atoms with van der Waals surface area (Å²) in [5, 5.41) is 3.65. The predicted octanol–water partition coefficient (Wildman–Crippen LogP) is 3.08. The Morgan fingerprint density at radius 1 is 1.29 bits per heavy atom. The Bertz CT molecular complexity index is 418. The number of hydrogen-bond acceptors (Lipinski definition) is 3. The predicted molar refractivity (Wildman–Crippen MR) is 88.5 cm³/mol. The Labute approximate surface area is 129 Å². The molecule has 0 amide bonds. The molecule has 118 valence electrons. The van der Waals surface area contributed by atoms with Gasteiger partial charge in [0.2, 0.25) is 0 Å². The fraction of sp³-hybridized carbons (Fsp3) is 0.667. The minimum Gasteiger partial charge on any atom is -0.373 e. The maximum absolute atomic E-state index is 5.81. The highest BCUT2D eigenvalue weighted by Crippen LogP contribution is 2.25. The van der Waals surface area contributed by atoms with E-state index in [9.17, 15) is 0 Å². The molecular weight excluding hydrogens is 260 g/mol. The summed E-state index contributed by atoms with van der Waals surface area (Å²) >= 11 is 0. The van der Waals surface area contributed by atoms with Gasteiger partial charge in [-0.1, -0.05) is 44.2 Å². The SMILES string of the molecule is CCNC(c1ccccc1)C(C)CN1CCOC(C)(C)C1. The van der Waals surface area contributed by atoms with Gasteiger partial charge in [-0.25, -0.2) is 0 Å². The third kappa shape index (κ3) is 4.80. The highest BCUT2D eigenvalue weighted by atomic mass is 16.5. The van der Waals surface area contributed by atoms with Crippen LogP contribution in [-0.2, 0) is 4.74 Å². The molecule has 0 saturated carbocycles. The van der Waals surface area contributed by atoms with Gasteiger partial charge in [0.15, 0.2) is 0 Å². The molecule has 0 spiro atoms. The lowest BCUT2D eigenvalue weighted by Gasteiger charge is -2.40. The number of hydrogen-bond donors (Lipinski definition) is 1. The first kappa shape index (κ1) is 16.5. The minimum atomic E-state index is -0.0155. The molecular formula is C18H30N2O. The van der Waals surface area contributed by atoms with Gasteiger partial charge < -0.3 is 10.1 Å². The average molecular weight is 290 g/mol. The van der Waals surface area contributed by atoms with Crippen LogP contribution in [0.15, 0.2) is 30.3 Å². The molecule has 1 fully saturated rings. The normalized spacial score (nSPS) is 21.9. The molecule has 0 aromatic heterocycles. The zero-order valence-electron chi connectivity index (χ0n) is 13.9. The van der Waals surface area contributed by atoms with Gasteiger partial charge in [-0.2, -0.15) is 0 Å². The van der Waals surface area contributed by atoms with Crippen LogP contribution in [0.5, 0.6) is 0 Å². The van der Waals surface area contributed by atoms with Crippen molar-refractivity contribution in [3.05, 3.63) is 35.9 Å². The summed E-state index contributed by atoms with van der Waals surface area (Å²) in [6.45, 7) is 13.9. The van der Waals surface area contributed by atoms with E-state index in [2.05, 4.69) is 68.2 Å². The first-order valence-corrected chi connectivity index (χ1v) is 8.16. The van der Waals surface area contributed by atoms with Crippen molar-refractivity contribution >= 4 is 0 Å². The van der Waals surface area contributed by atoms with Crippen LogP contribution >= 0.6 is 0 Å². The molecule has 1 N–H and O–H groups in total. The maximum atomic E-state index is 5.81. The summed E-state index contributed by atoms with van der Waals surface area (Å²) in [4.78, 5) is 2.54. The molecule has 1 aliphatic rings. The third-order valence-corrected chi connectivity index (χ3v) is 4.20. The molecule has 1 aliphatic heterocycles. The molecule has 1 saturated heterocycles. The zero-order chi connectivity index (χ0) is 15.3. The highest BCUT2D eigenvalue weighted by molar-refractivity contribution is 5.19. The maximum Gasteiger partial charge on any atom is 0.0753 e. The molecule has 1 heterocycles. The topological polar surface area (TPSA) is 24.5 Å². The summed E-state index contributed by atoms with van der Waals surface area (Å²) in [7, 11) is 0. The quantitative estimate of drug-likeness (QED) is 0.871. The summed E-state index contributed by atoms with van der Waals surface area (Å²) in [5.74, 6) is 0.571. The number of benzene rings is 1. The van der Waals surface area contributed by atoms with Crippen LogP contribution in [0.4, 0.5) is 0 Å². The summed E-state index contributed by atoms with van der Waals surface area (Å²) in [6.07, 6.45) is 0. The Morgan fingerprint density at radius 3 is 2.62 bits per heavy atom. The number of rotatable bonds is 6. The Kier molecular flexibility index (Phi) is 5.80. The number of morpholine rings is 1. The van der Waals surface area contributed by atoms with Gasteiger partial charge in [-0.15, -0.1) is 0 Å². The average Bonchev–Trinajstić information content (AvgIpc) is 2.44. The Balaban J connectivity index is 2.00. The van der Waals surface area contributed by atoms with Crippen molar-refractivity contribution in [2.24, 2.45) is 5.92 Å². The Morgan fingerprint density at radius 2 is 2.00 bits per heavy atom. The molecule has 1 aromatic rings. The first-order chi connectivity index (χ1) is 10.0. The summed E-state index contributed by atoms with van der Waals surface area (Å²) in [6, 6.07) is 11.2. The van der Waals surface area contributed by atoms with E-state index in [4.69, 9.17) is 4.74 Å². The van der Waals surface area contributed by atoms with Crippen molar-refractivity contribution < 1.29 is 4.74 Å². The number of nitrogens with zero attached hydrogens (tertiary/aromatic N) is 1. The van der Waals surface area contributed by atoms with E-state index in [1.807, 2.05) is 0 Å². The second kappa shape index (κ2) is 7.39. The van der Waals surface area contributed by atoms with Crippen molar-refractivity contribution in [1.29, 1.82) is 0 Å². The monoisotopic (exact) mass is 290 g/mol. The molecule has 0 radical (unpaired) electrons. The van der Waals surface area contributed by atoms with Crippen molar-refractivity contribution in [2.75, 3.05) is 32.8 Å². The van der Waals surface area contributed by atoms with Crippen LogP contribution in [0, 0.1) is 5.92 Å². The molecule has 0 aliphatic carbocycles. The lowest BCUT2D eigenvalue weighted by molar-refractivity contribution is -0.0894. The van der Waals surface area contributed by atoms with Crippen LogP contribution in [0.1, 0.15) is 39.3 Å². The molecule has 0 bridgehead atoms. The standard InChI is InChI=1S/C18H30N2O/c1-5-19-17(16-9-7-6-8-10-16)15(2)13-20-11-12-21-18(3,4)14-20/h6-10,15,17,19H,5,11-14H2,1-4H3. The lowest BCUT2D eigenvalue weighted by Crippen LogP contribution is -2.50. The molecule has 1 aromatic carbocycles. The van der Waals surface area contributed by atoms with E-state index < -0.39 is 0 Å². The van der Waals surface area contributed by atoms with Crippen LogP contribution in [-0.4, -0.2) is 43.3 Å². The van der Waals surface area contributed by atoms with E-state index in [0.717, 1.165) is 32.8 Å². The van der Waals surface area contributed by atoms with E-state index in [1.165, 1.54) is 5.56 Å². The van der Waals surface area contributed by atoms with Gasteiger partial charge in [0.1, 0.15) is 0 Å². The van der Waals surface area contributed by atoms with Gasteiger partial charge in [-0.05, 0) is 31.9 Å². The highest BCUT2D eigenvalue weighted by Gasteiger charge is 2.29. The van der Waals surface area contributed by atoms with Crippen molar-refractivity contribution in [2.45, 2.75) is 39.3 Å². The third-order valence-electron chi connectivity index (χ3n) is 4.20. The fourth-order valence-corrected chi connectivity index (χ4v) is 3.31. The number of nitrogens with one attached hydrogen (secondary N) is 1. The van der Waals surface area contributed by atoms with Gasteiger partial charge in [0.25, 0.3) is 0 Å². The van der Waals surface area contributed by atoms with E-state index in [1.54, 1.807) is 0 Å². The van der Waals surface area contributed by atoms with E-state index in [0.29, 0.717) is 12.0 Å². The second-order valence-corrected chi connectivity index (χ2v) is 6.77. The zero-order valence-corrected chi connectivity index (χ0v) is 13.9. The van der Waals surface area contributed by atoms with Gasteiger partial charge in [0, 0.05) is 25.7 Å². The van der Waals surface area contributed by atoms with Gasteiger partial charge in [0.05, 0.1) is 12.2 Å². The molecule has 2 unspecified atom stereocenters. The van der Waals surface area contributed by atoms with Gasteiger partial charge >= 0.3 is 0 Å². The van der Waals surface area contributed by atoms with Crippen molar-refractivity contribution in [3.8, 4) is 0 Å². The van der Waals surface area contributed by atoms with Crippen LogP contribution < -0.4 is 5.32 Å². The molecule has 2 rings (SSSR count). The summed E-state index contributed by atoms with van der Waals surface area (Å²) in [5.41, 5.74) is 1.37. The van der Waals surface area contributed by atoms with Crippen LogP contribution in [0.3, 0.4) is 0 Å².